The second-order valence-electron chi connectivity index (χ2n) is 6.37. The number of benzene rings is 2. The molecule has 2 aromatic rings. The van der Waals surface area contributed by atoms with Crippen molar-refractivity contribution in [2.45, 2.75) is 13.5 Å². The second-order valence-corrected chi connectivity index (χ2v) is 7.18. The van der Waals surface area contributed by atoms with E-state index in [-0.39, 0.29) is 28.2 Å². The van der Waals surface area contributed by atoms with Crippen LogP contribution >= 0.6 is 23.2 Å². The first-order valence-corrected chi connectivity index (χ1v) is 9.22. The average Bonchev–Trinajstić information content (AvgIpc) is 3.06. The van der Waals surface area contributed by atoms with Gasteiger partial charge in [-0.3, -0.25) is 9.80 Å². The number of carbonyl (C=O) groups excluding carboxylic acids is 1. The summed E-state index contributed by atoms with van der Waals surface area (Å²) in [7, 11) is 1.54. The predicted molar refractivity (Wildman–Crippen MR) is 107 cm³/mol. The van der Waals surface area contributed by atoms with Gasteiger partial charge < -0.3 is 9.64 Å². The second kappa shape index (κ2) is 8.51. The van der Waals surface area contributed by atoms with Crippen LogP contribution in [0.4, 0.5) is 24.5 Å². The van der Waals surface area contributed by atoms with Crippen molar-refractivity contribution in [2.75, 3.05) is 23.5 Å². The topological polar surface area (TPSA) is 45.1 Å². The van der Waals surface area contributed by atoms with Gasteiger partial charge in [-0.2, -0.15) is 13.9 Å². The number of amides is 1. The van der Waals surface area contributed by atoms with Gasteiger partial charge in [-0.1, -0.05) is 23.2 Å². The minimum absolute atomic E-state index is 0.0288. The molecule has 1 heterocycles. The highest BCUT2D eigenvalue weighted by Crippen LogP contribution is 2.31. The molecule has 1 unspecified atom stereocenters. The number of rotatable bonds is 5. The van der Waals surface area contributed by atoms with Crippen LogP contribution in [0.25, 0.3) is 0 Å². The Hall–Kier alpha value is -2.45. The smallest absolute Gasteiger partial charge is 0.387 e. The van der Waals surface area contributed by atoms with Crippen LogP contribution in [0.5, 0.6) is 5.75 Å². The maximum absolute atomic E-state index is 13.6. The van der Waals surface area contributed by atoms with Crippen LogP contribution in [0.3, 0.4) is 0 Å². The number of ether oxygens (including phenoxy) is 1. The van der Waals surface area contributed by atoms with Crippen LogP contribution in [0.2, 0.25) is 10.0 Å². The average molecular weight is 446 g/mol. The summed E-state index contributed by atoms with van der Waals surface area (Å²) < 4.78 is 42.5. The molecule has 0 bridgehead atoms. The fourth-order valence-electron chi connectivity index (χ4n) is 2.92. The quantitative estimate of drug-likeness (QED) is 0.593. The fraction of sp³-hybridized carbons (Fsp3) is 0.263. The molecule has 0 N–H and O–H groups in total. The first-order chi connectivity index (χ1) is 13.7. The Kier molecular flexibility index (Phi) is 6.24. The molecular weight excluding hydrogens is 430 g/mol. The van der Waals surface area contributed by atoms with Gasteiger partial charge in [-0.25, -0.2) is 4.39 Å². The normalized spacial score (nSPS) is 16.2. The van der Waals surface area contributed by atoms with Gasteiger partial charge in [0.25, 0.3) is 0 Å². The Morgan fingerprint density at radius 2 is 1.83 bits per heavy atom. The van der Waals surface area contributed by atoms with Crippen molar-refractivity contribution in [1.82, 2.24) is 0 Å². The van der Waals surface area contributed by atoms with Crippen molar-refractivity contribution >= 4 is 46.2 Å². The van der Waals surface area contributed by atoms with Crippen LogP contribution in [-0.4, -0.2) is 31.8 Å². The first kappa shape index (κ1) is 21.3. The number of hydrogen-bond donors (Lipinski definition) is 0. The van der Waals surface area contributed by atoms with Crippen LogP contribution in [-0.2, 0) is 4.79 Å². The van der Waals surface area contributed by atoms with Crippen molar-refractivity contribution in [3.8, 4) is 5.75 Å². The lowest BCUT2D eigenvalue weighted by Gasteiger charge is -2.22. The standard InChI is InChI=1S/C19H16Cl2F3N3O2/c1-10-14(18(28)26(2)12-7-15(20)17(22)16(21)8-12)9-27(25-10)11-3-5-13(6-4-11)29-19(23)24/h3-8,14,19H,9H2,1-2H3. The van der Waals surface area contributed by atoms with Crippen LogP contribution in [0.15, 0.2) is 41.5 Å². The Morgan fingerprint density at radius 3 is 2.38 bits per heavy atom. The number of alkyl halides is 2. The maximum Gasteiger partial charge on any atom is 0.387 e. The van der Waals surface area contributed by atoms with Crippen LogP contribution in [0, 0.1) is 11.7 Å². The molecule has 1 atom stereocenters. The Bertz CT molecular complexity index is 931. The third-order valence-electron chi connectivity index (χ3n) is 4.48. The Morgan fingerprint density at radius 1 is 1.24 bits per heavy atom. The van der Waals surface area contributed by atoms with E-state index in [0.29, 0.717) is 17.1 Å². The van der Waals surface area contributed by atoms with Gasteiger partial charge in [0.15, 0.2) is 5.82 Å². The largest absolute Gasteiger partial charge is 0.435 e. The number of carbonyl (C=O) groups is 1. The van der Waals surface area contributed by atoms with E-state index in [1.165, 1.54) is 36.2 Å². The summed E-state index contributed by atoms with van der Waals surface area (Å²) >= 11 is 11.6. The van der Waals surface area contributed by atoms with Gasteiger partial charge in [-0.05, 0) is 43.3 Å². The lowest BCUT2D eigenvalue weighted by molar-refractivity contribution is -0.119. The predicted octanol–water partition coefficient (Wildman–Crippen LogP) is 5.21. The van der Waals surface area contributed by atoms with E-state index >= 15 is 0 Å². The van der Waals surface area contributed by atoms with Crippen molar-refractivity contribution in [3.63, 3.8) is 0 Å². The molecule has 0 aliphatic carbocycles. The number of hydrazone groups is 1. The molecule has 3 rings (SSSR count). The summed E-state index contributed by atoms with van der Waals surface area (Å²) in [4.78, 5) is 14.3. The summed E-state index contributed by atoms with van der Waals surface area (Å²) in [5.41, 5.74) is 1.55. The monoisotopic (exact) mass is 445 g/mol. The minimum Gasteiger partial charge on any atom is -0.435 e. The molecule has 0 saturated carbocycles. The molecule has 2 aromatic carbocycles. The Labute approximate surface area is 175 Å². The lowest BCUT2D eigenvalue weighted by atomic mass is 10.0. The number of anilines is 2. The molecule has 0 aromatic heterocycles. The first-order valence-electron chi connectivity index (χ1n) is 8.47. The van der Waals surface area contributed by atoms with Gasteiger partial charge >= 0.3 is 6.61 Å². The summed E-state index contributed by atoms with van der Waals surface area (Å²) in [5, 5.41) is 5.61. The summed E-state index contributed by atoms with van der Waals surface area (Å²) in [6.45, 7) is -0.930. The van der Waals surface area contributed by atoms with E-state index in [0.717, 1.165) is 0 Å². The Balaban J connectivity index is 1.74. The number of hydrogen-bond acceptors (Lipinski definition) is 4. The molecule has 10 heteroatoms. The van der Waals surface area contributed by atoms with E-state index in [2.05, 4.69) is 9.84 Å². The van der Waals surface area contributed by atoms with Gasteiger partial charge in [0, 0.05) is 18.4 Å². The fourth-order valence-corrected chi connectivity index (χ4v) is 3.40. The zero-order valence-electron chi connectivity index (χ0n) is 15.4. The van der Waals surface area contributed by atoms with E-state index in [4.69, 9.17) is 23.2 Å². The van der Waals surface area contributed by atoms with Crippen molar-refractivity contribution < 1.29 is 22.7 Å². The van der Waals surface area contributed by atoms with Crippen molar-refractivity contribution in [2.24, 2.45) is 11.0 Å². The van der Waals surface area contributed by atoms with E-state index < -0.39 is 18.3 Å². The van der Waals surface area contributed by atoms with Gasteiger partial charge in [0.2, 0.25) is 5.91 Å². The van der Waals surface area contributed by atoms with Crippen molar-refractivity contribution in [1.29, 1.82) is 0 Å². The van der Waals surface area contributed by atoms with E-state index in [1.807, 2.05) is 0 Å². The third-order valence-corrected chi connectivity index (χ3v) is 5.03. The SMILES string of the molecule is CC1=NN(c2ccc(OC(F)F)cc2)CC1C(=O)N(C)c1cc(Cl)c(F)c(Cl)c1. The molecule has 0 spiro atoms. The van der Waals surface area contributed by atoms with E-state index in [1.54, 1.807) is 24.1 Å². The zero-order chi connectivity index (χ0) is 21.3. The molecule has 1 aliphatic heterocycles. The molecule has 0 fully saturated rings. The molecule has 5 nitrogen and oxygen atoms in total. The number of halogens is 5. The van der Waals surface area contributed by atoms with Crippen LogP contribution in [0.1, 0.15) is 6.92 Å². The van der Waals surface area contributed by atoms with Crippen LogP contribution < -0.4 is 14.6 Å². The minimum atomic E-state index is -2.90. The molecule has 1 aliphatic rings. The summed E-state index contributed by atoms with van der Waals surface area (Å²) in [5.74, 6) is -1.55. The van der Waals surface area contributed by atoms with Gasteiger partial charge in [0.05, 0.1) is 28.2 Å². The summed E-state index contributed by atoms with van der Waals surface area (Å²) in [6, 6.07) is 8.59. The zero-order valence-corrected chi connectivity index (χ0v) is 16.9. The molecular formula is C19H16Cl2F3N3O2. The molecule has 154 valence electrons. The molecule has 0 radical (unpaired) electrons. The number of nitrogens with zero attached hydrogens (tertiary/aromatic N) is 3. The molecule has 0 saturated heterocycles. The van der Waals surface area contributed by atoms with Gasteiger partial charge in [-0.15, -0.1) is 0 Å². The van der Waals surface area contributed by atoms with E-state index in [9.17, 15) is 18.0 Å². The molecule has 29 heavy (non-hydrogen) atoms. The highest BCUT2D eigenvalue weighted by atomic mass is 35.5. The summed E-state index contributed by atoms with van der Waals surface area (Å²) in [6.07, 6.45) is 0. The third kappa shape index (κ3) is 4.59. The van der Waals surface area contributed by atoms with Gasteiger partial charge in [0.1, 0.15) is 5.75 Å². The molecule has 1 amide bonds. The highest BCUT2D eigenvalue weighted by molar-refractivity contribution is 6.35. The maximum atomic E-state index is 13.6. The lowest BCUT2D eigenvalue weighted by Crippen LogP contribution is -2.38. The van der Waals surface area contributed by atoms with Crippen molar-refractivity contribution in [3.05, 3.63) is 52.3 Å². The highest BCUT2D eigenvalue weighted by Gasteiger charge is 2.33.